The Morgan fingerprint density at radius 2 is 2.07 bits per heavy atom. The van der Waals surface area contributed by atoms with Gasteiger partial charge in [0.25, 0.3) is 0 Å². The van der Waals surface area contributed by atoms with Crippen molar-refractivity contribution in [1.82, 2.24) is 15.2 Å². The Bertz CT molecular complexity index is 299. The van der Waals surface area contributed by atoms with E-state index in [-0.39, 0.29) is 12.1 Å². The van der Waals surface area contributed by atoms with Crippen LogP contribution in [0.5, 0.6) is 0 Å². The maximum Gasteiger partial charge on any atom is 0.317 e. The molecule has 0 aliphatic heterocycles. The second-order valence-electron chi connectivity index (χ2n) is 3.12. The molecule has 1 aromatic heterocycles. The molecule has 76 valence electrons. The molecule has 0 saturated carbocycles. The average molecular weight is 193 g/mol. The Morgan fingerprint density at radius 1 is 1.50 bits per heavy atom. The van der Waals surface area contributed by atoms with Crippen LogP contribution in [0, 0.1) is 0 Å². The largest absolute Gasteiger partial charge is 0.341 e. The topological polar surface area (TPSA) is 45.2 Å². The number of carbonyl (C=O) groups is 1. The molecule has 0 aromatic carbocycles. The number of nitrogens with zero attached hydrogens (tertiary/aromatic N) is 2. The molecule has 1 aromatic rings. The van der Waals surface area contributed by atoms with E-state index in [4.69, 9.17) is 0 Å². The maximum atomic E-state index is 11.3. The van der Waals surface area contributed by atoms with Gasteiger partial charge in [-0.25, -0.2) is 4.79 Å². The van der Waals surface area contributed by atoms with Crippen molar-refractivity contribution < 1.29 is 4.79 Å². The van der Waals surface area contributed by atoms with Crippen molar-refractivity contribution in [1.29, 1.82) is 0 Å². The van der Waals surface area contributed by atoms with Crippen molar-refractivity contribution in [3.8, 4) is 0 Å². The van der Waals surface area contributed by atoms with Crippen molar-refractivity contribution in [3.05, 3.63) is 30.1 Å². The lowest BCUT2D eigenvalue weighted by molar-refractivity contribution is 0.196. The zero-order chi connectivity index (χ0) is 10.6. The minimum atomic E-state index is -0.0886. The zero-order valence-corrected chi connectivity index (χ0v) is 8.69. The van der Waals surface area contributed by atoms with Crippen molar-refractivity contribution in [3.63, 3.8) is 0 Å². The molecule has 1 N–H and O–H groups in total. The van der Waals surface area contributed by atoms with Crippen LogP contribution >= 0.6 is 0 Å². The van der Waals surface area contributed by atoms with E-state index in [0.717, 1.165) is 5.56 Å². The Morgan fingerprint density at radius 3 is 2.57 bits per heavy atom. The molecule has 0 aliphatic carbocycles. The Labute approximate surface area is 83.9 Å². The van der Waals surface area contributed by atoms with Crippen LogP contribution in [-0.2, 0) is 0 Å². The molecule has 1 rings (SSSR count). The Kier molecular flexibility index (Phi) is 3.45. The van der Waals surface area contributed by atoms with Crippen LogP contribution in [0.25, 0.3) is 0 Å². The number of pyridine rings is 1. The standard InChI is InChI=1S/C10H15N3O/c1-8(13(3)10(14)11-2)9-4-6-12-7-5-9/h4-8H,1-3H3,(H,11,14). The van der Waals surface area contributed by atoms with E-state index >= 15 is 0 Å². The first-order valence-electron chi connectivity index (χ1n) is 4.51. The Hall–Kier alpha value is -1.58. The fourth-order valence-electron chi connectivity index (χ4n) is 1.22. The molecular weight excluding hydrogens is 178 g/mol. The number of hydrogen-bond donors (Lipinski definition) is 1. The van der Waals surface area contributed by atoms with E-state index in [9.17, 15) is 4.79 Å². The maximum absolute atomic E-state index is 11.3. The third-order valence-corrected chi connectivity index (χ3v) is 2.30. The second-order valence-corrected chi connectivity index (χ2v) is 3.12. The highest BCUT2D eigenvalue weighted by Crippen LogP contribution is 2.16. The number of carbonyl (C=O) groups excluding carboxylic acids is 1. The Balaban J connectivity index is 2.75. The number of aromatic nitrogens is 1. The van der Waals surface area contributed by atoms with Gasteiger partial charge >= 0.3 is 6.03 Å². The summed E-state index contributed by atoms with van der Waals surface area (Å²) in [6, 6.07) is 3.78. The summed E-state index contributed by atoms with van der Waals surface area (Å²) in [5.41, 5.74) is 1.08. The number of amides is 2. The lowest BCUT2D eigenvalue weighted by Gasteiger charge is -2.24. The normalized spacial score (nSPS) is 11.9. The summed E-state index contributed by atoms with van der Waals surface area (Å²) in [4.78, 5) is 16.9. The predicted octanol–water partition coefficient (Wildman–Crippen LogP) is 1.41. The van der Waals surface area contributed by atoms with E-state index in [1.54, 1.807) is 31.4 Å². The molecule has 0 aliphatic rings. The molecule has 0 bridgehead atoms. The third kappa shape index (κ3) is 2.22. The van der Waals surface area contributed by atoms with E-state index in [0.29, 0.717) is 0 Å². The summed E-state index contributed by atoms with van der Waals surface area (Å²) >= 11 is 0. The van der Waals surface area contributed by atoms with Gasteiger partial charge < -0.3 is 10.2 Å². The van der Waals surface area contributed by atoms with Gasteiger partial charge in [0.1, 0.15) is 0 Å². The minimum absolute atomic E-state index is 0.0537. The van der Waals surface area contributed by atoms with Gasteiger partial charge in [-0.2, -0.15) is 0 Å². The van der Waals surface area contributed by atoms with Crippen LogP contribution in [0.1, 0.15) is 18.5 Å². The summed E-state index contributed by atoms with van der Waals surface area (Å²) in [6.07, 6.45) is 3.45. The molecular formula is C10H15N3O. The molecule has 4 heteroatoms. The van der Waals surface area contributed by atoms with Gasteiger partial charge in [0, 0.05) is 26.5 Å². The van der Waals surface area contributed by atoms with E-state index < -0.39 is 0 Å². The van der Waals surface area contributed by atoms with Crippen molar-refractivity contribution >= 4 is 6.03 Å². The van der Waals surface area contributed by atoms with Crippen LogP contribution in [0.3, 0.4) is 0 Å². The summed E-state index contributed by atoms with van der Waals surface area (Å²) in [5, 5.41) is 2.59. The highest BCUT2D eigenvalue weighted by molar-refractivity contribution is 5.73. The molecule has 0 saturated heterocycles. The lowest BCUT2D eigenvalue weighted by Crippen LogP contribution is -2.36. The molecule has 1 unspecified atom stereocenters. The molecule has 14 heavy (non-hydrogen) atoms. The number of nitrogens with one attached hydrogen (secondary N) is 1. The minimum Gasteiger partial charge on any atom is -0.341 e. The summed E-state index contributed by atoms with van der Waals surface area (Å²) in [7, 11) is 3.39. The molecule has 1 heterocycles. The van der Waals surface area contributed by atoms with E-state index in [2.05, 4.69) is 10.3 Å². The first-order chi connectivity index (χ1) is 6.66. The first kappa shape index (κ1) is 10.5. The fraction of sp³-hybridized carbons (Fsp3) is 0.400. The number of rotatable bonds is 2. The lowest BCUT2D eigenvalue weighted by atomic mass is 10.1. The van der Waals surface area contributed by atoms with E-state index in [1.165, 1.54) is 0 Å². The molecule has 1 atom stereocenters. The van der Waals surface area contributed by atoms with Crippen LogP contribution in [0.4, 0.5) is 4.79 Å². The molecule has 0 spiro atoms. The predicted molar refractivity (Wildman–Crippen MR) is 54.9 cm³/mol. The first-order valence-corrected chi connectivity index (χ1v) is 4.51. The van der Waals surface area contributed by atoms with E-state index in [1.807, 2.05) is 19.1 Å². The van der Waals surface area contributed by atoms with Gasteiger partial charge in [-0.1, -0.05) is 0 Å². The van der Waals surface area contributed by atoms with Gasteiger partial charge in [0.15, 0.2) is 0 Å². The molecule has 0 fully saturated rings. The second kappa shape index (κ2) is 4.60. The van der Waals surface area contributed by atoms with Crippen molar-refractivity contribution in [2.24, 2.45) is 0 Å². The van der Waals surface area contributed by atoms with Crippen LogP contribution < -0.4 is 5.32 Å². The molecule has 4 nitrogen and oxygen atoms in total. The monoisotopic (exact) mass is 193 g/mol. The van der Waals surface area contributed by atoms with Gasteiger partial charge in [0.2, 0.25) is 0 Å². The average Bonchev–Trinajstić information content (AvgIpc) is 2.27. The third-order valence-electron chi connectivity index (χ3n) is 2.30. The molecule has 2 amide bonds. The molecule has 0 radical (unpaired) electrons. The fourth-order valence-corrected chi connectivity index (χ4v) is 1.22. The summed E-state index contributed by atoms with van der Waals surface area (Å²) in [5.74, 6) is 0. The summed E-state index contributed by atoms with van der Waals surface area (Å²) in [6.45, 7) is 1.98. The number of urea groups is 1. The quantitative estimate of drug-likeness (QED) is 0.772. The van der Waals surface area contributed by atoms with Crippen LogP contribution in [0.15, 0.2) is 24.5 Å². The smallest absolute Gasteiger partial charge is 0.317 e. The van der Waals surface area contributed by atoms with Gasteiger partial charge in [-0.05, 0) is 24.6 Å². The SMILES string of the molecule is CNC(=O)N(C)C(C)c1ccncc1. The van der Waals surface area contributed by atoms with Crippen molar-refractivity contribution in [2.45, 2.75) is 13.0 Å². The van der Waals surface area contributed by atoms with Crippen LogP contribution in [0.2, 0.25) is 0 Å². The van der Waals surface area contributed by atoms with Crippen LogP contribution in [-0.4, -0.2) is 30.0 Å². The van der Waals surface area contributed by atoms with Gasteiger partial charge in [0.05, 0.1) is 6.04 Å². The van der Waals surface area contributed by atoms with Gasteiger partial charge in [-0.3, -0.25) is 4.98 Å². The van der Waals surface area contributed by atoms with Gasteiger partial charge in [-0.15, -0.1) is 0 Å². The zero-order valence-electron chi connectivity index (χ0n) is 8.69. The highest BCUT2D eigenvalue weighted by atomic mass is 16.2. The number of hydrogen-bond acceptors (Lipinski definition) is 2. The van der Waals surface area contributed by atoms with Crippen molar-refractivity contribution in [2.75, 3.05) is 14.1 Å². The summed E-state index contributed by atoms with van der Waals surface area (Å²) < 4.78 is 0. The highest BCUT2D eigenvalue weighted by Gasteiger charge is 2.15.